The smallest absolute Gasteiger partial charge is 0.314 e. The largest absolute Gasteiger partial charge is 0.467 e. The van der Waals surface area contributed by atoms with E-state index >= 15 is 0 Å². The molecule has 1 rings (SSSR count). The molecule has 0 radical (unpaired) electrons. The predicted molar refractivity (Wildman–Crippen MR) is 72.5 cm³/mol. The molecule has 0 aliphatic rings. The number of nitrogens with zero attached hydrogens (tertiary/aromatic N) is 2. The summed E-state index contributed by atoms with van der Waals surface area (Å²) >= 11 is 0. The lowest BCUT2D eigenvalue weighted by molar-refractivity contribution is 0.0898. The number of amides is 1. The van der Waals surface area contributed by atoms with E-state index in [9.17, 15) is 4.79 Å². The Morgan fingerprint density at radius 1 is 1.53 bits per heavy atom. The third-order valence-electron chi connectivity index (χ3n) is 3.47. The molecule has 6 nitrogen and oxygen atoms in total. The molecule has 0 bridgehead atoms. The van der Waals surface area contributed by atoms with E-state index < -0.39 is 0 Å². The van der Waals surface area contributed by atoms with Crippen LogP contribution in [0.3, 0.4) is 0 Å². The summed E-state index contributed by atoms with van der Waals surface area (Å²) in [5.74, 6) is 0.0252. The average molecular weight is 269 g/mol. The van der Waals surface area contributed by atoms with Crippen LogP contribution in [0.1, 0.15) is 36.8 Å². The van der Waals surface area contributed by atoms with Gasteiger partial charge in [-0.15, -0.1) is 0 Å². The minimum Gasteiger partial charge on any atom is -0.467 e. The van der Waals surface area contributed by atoms with Crippen LogP contribution in [0.25, 0.3) is 0 Å². The maximum Gasteiger partial charge on any atom is 0.314 e. The summed E-state index contributed by atoms with van der Waals surface area (Å²) in [6, 6.07) is 0. The maximum atomic E-state index is 12.0. The second-order valence-corrected chi connectivity index (χ2v) is 5.16. The highest BCUT2D eigenvalue weighted by Crippen LogP contribution is 2.20. The van der Waals surface area contributed by atoms with E-state index in [2.05, 4.69) is 36.1 Å². The quantitative estimate of drug-likeness (QED) is 0.846. The van der Waals surface area contributed by atoms with Gasteiger partial charge in [0, 0.05) is 12.1 Å². The van der Waals surface area contributed by atoms with Gasteiger partial charge in [-0.05, 0) is 34.4 Å². The first kappa shape index (κ1) is 15.5. The highest BCUT2D eigenvalue weighted by molar-refractivity contribution is 5.93. The second-order valence-electron chi connectivity index (χ2n) is 5.16. The lowest BCUT2D eigenvalue weighted by atomic mass is 10.0. The molecule has 0 unspecified atom stereocenters. The highest BCUT2D eigenvalue weighted by Gasteiger charge is 2.25. The third kappa shape index (κ3) is 3.47. The number of aromatic nitrogens is 1. The number of carbonyl (C=O) groups is 1. The van der Waals surface area contributed by atoms with Gasteiger partial charge in [-0.2, -0.15) is 0 Å². The zero-order valence-corrected chi connectivity index (χ0v) is 12.5. The van der Waals surface area contributed by atoms with Gasteiger partial charge >= 0.3 is 5.95 Å². The van der Waals surface area contributed by atoms with Gasteiger partial charge in [-0.1, -0.05) is 12.1 Å². The molecule has 0 atom stereocenters. The summed E-state index contributed by atoms with van der Waals surface area (Å²) in [6.45, 7) is 9.42. The molecule has 0 saturated heterocycles. The van der Waals surface area contributed by atoms with Crippen LogP contribution in [0.5, 0.6) is 5.95 Å². The minimum atomic E-state index is -0.248. The zero-order valence-electron chi connectivity index (χ0n) is 12.5. The molecule has 108 valence electrons. The van der Waals surface area contributed by atoms with Crippen LogP contribution in [0, 0.1) is 6.92 Å². The molecular weight excluding hydrogens is 246 g/mol. The highest BCUT2D eigenvalue weighted by atomic mass is 16.6. The van der Waals surface area contributed by atoms with Crippen molar-refractivity contribution >= 4 is 5.91 Å². The van der Waals surface area contributed by atoms with Gasteiger partial charge in [-0.3, -0.25) is 9.69 Å². The standard InChI is InChI=1S/C13H23N3O3/c1-7-16(5)13(3,4)8-14-11(17)10-9(2)12(18-6)19-15-10/h7-8H2,1-6H3,(H,14,17). The number of hydrogen-bond acceptors (Lipinski definition) is 5. The second kappa shape index (κ2) is 6.06. The number of hydrogen-bond donors (Lipinski definition) is 1. The Labute approximate surface area is 114 Å². The van der Waals surface area contributed by atoms with Crippen molar-refractivity contribution in [2.75, 3.05) is 27.2 Å². The Balaban J connectivity index is 2.68. The molecule has 0 fully saturated rings. The number of likely N-dealkylation sites (N-methyl/N-ethyl adjacent to an activating group) is 1. The van der Waals surface area contributed by atoms with E-state index in [1.54, 1.807) is 6.92 Å². The zero-order chi connectivity index (χ0) is 14.6. The molecule has 19 heavy (non-hydrogen) atoms. The average Bonchev–Trinajstić information content (AvgIpc) is 2.76. The molecule has 1 heterocycles. The molecule has 1 N–H and O–H groups in total. The van der Waals surface area contributed by atoms with Crippen LogP contribution < -0.4 is 10.1 Å². The Morgan fingerprint density at radius 3 is 2.63 bits per heavy atom. The molecular formula is C13H23N3O3. The predicted octanol–water partition coefficient (Wildman–Crippen LogP) is 1.45. The first-order chi connectivity index (χ1) is 8.83. The molecule has 1 aromatic heterocycles. The van der Waals surface area contributed by atoms with E-state index in [-0.39, 0.29) is 23.1 Å². The fraction of sp³-hybridized carbons (Fsp3) is 0.692. The topological polar surface area (TPSA) is 67.6 Å². The van der Waals surface area contributed by atoms with Crippen LogP contribution in [0.2, 0.25) is 0 Å². The van der Waals surface area contributed by atoms with E-state index in [4.69, 9.17) is 9.26 Å². The summed E-state index contributed by atoms with van der Waals surface area (Å²) < 4.78 is 9.88. The summed E-state index contributed by atoms with van der Waals surface area (Å²) in [4.78, 5) is 14.2. The molecule has 0 aliphatic heterocycles. The van der Waals surface area contributed by atoms with Crippen molar-refractivity contribution in [2.45, 2.75) is 33.2 Å². The van der Waals surface area contributed by atoms with E-state index in [0.29, 0.717) is 12.1 Å². The molecule has 1 aromatic rings. The van der Waals surface area contributed by atoms with Crippen molar-refractivity contribution < 1.29 is 14.1 Å². The van der Waals surface area contributed by atoms with Crippen LogP contribution in [0.4, 0.5) is 0 Å². The minimum absolute atomic E-state index is 0.119. The van der Waals surface area contributed by atoms with Crippen molar-refractivity contribution in [3.8, 4) is 5.95 Å². The number of ether oxygens (including phenoxy) is 1. The number of methoxy groups -OCH3 is 1. The summed E-state index contributed by atoms with van der Waals surface area (Å²) in [6.07, 6.45) is 0. The SMILES string of the molecule is CCN(C)C(C)(C)CNC(=O)c1noc(OC)c1C. The van der Waals surface area contributed by atoms with Gasteiger partial charge in [0.15, 0.2) is 5.69 Å². The van der Waals surface area contributed by atoms with E-state index in [0.717, 1.165) is 6.54 Å². The van der Waals surface area contributed by atoms with E-state index in [1.807, 2.05) is 7.05 Å². The summed E-state index contributed by atoms with van der Waals surface area (Å²) in [5, 5.41) is 6.60. The van der Waals surface area contributed by atoms with E-state index in [1.165, 1.54) is 7.11 Å². The van der Waals surface area contributed by atoms with Gasteiger partial charge in [0.05, 0.1) is 12.7 Å². The van der Waals surface area contributed by atoms with Crippen LogP contribution >= 0.6 is 0 Å². The van der Waals surface area contributed by atoms with Gasteiger partial charge in [0.2, 0.25) is 0 Å². The third-order valence-corrected chi connectivity index (χ3v) is 3.47. The van der Waals surface area contributed by atoms with Crippen LogP contribution in [0.15, 0.2) is 4.52 Å². The lowest BCUT2D eigenvalue weighted by Crippen LogP contribution is -2.49. The molecule has 0 saturated carbocycles. The first-order valence-corrected chi connectivity index (χ1v) is 6.33. The number of rotatable bonds is 6. The Morgan fingerprint density at radius 2 is 2.16 bits per heavy atom. The molecule has 6 heteroatoms. The Kier molecular flexibility index (Phi) is 4.94. The first-order valence-electron chi connectivity index (χ1n) is 6.33. The van der Waals surface area contributed by atoms with Crippen LogP contribution in [-0.4, -0.2) is 48.7 Å². The number of carbonyl (C=O) groups excluding carboxylic acids is 1. The Hall–Kier alpha value is -1.56. The fourth-order valence-corrected chi connectivity index (χ4v) is 1.67. The molecule has 0 aromatic carbocycles. The van der Waals surface area contributed by atoms with Gasteiger partial charge < -0.3 is 14.6 Å². The maximum absolute atomic E-state index is 12.0. The van der Waals surface area contributed by atoms with Gasteiger partial charge in [0.1, 0.15) is 0 Å². The fourth-order valence-electron chi connectivity index (χ4n) is 1.67. The van der Waals surface area contributed by atoms with Crippen molar-refractivity contribution in [1.82, 2.24) is 15.4 Å². The molecule has 0 spiro atoms. The van der Waals surface area contributed by atoms with Crippen LogP contribution in [-0.2, 0) is 0 Å². The van der Waals surface area contributed by atoms with Crippen molar-refractivity contribution in [3.63, 3.8) is 0 Å². The van der Waals surface area contributed by atoms with Crippen molar-refractivity contribution in [1.29, 1.82) is 0 Å². The van der Waals surface area contributed by atoms with Gasteiger partial charge in [0.25, 0.3) is 5.91 Å². The lowest BCUT2D eigenvalue weighted by Gasteiger charge is -2.34. The molecule has 0 aliphatic carbocycles. The molecule has 1 amide bonds. The summed E-state index contributed by atoms with van der Waals surface area (Å²) in [5.41, 5.74) is 0.764. The summed E-state index contributed by atoms with van der Waals surface area (Å²) in [7, 11) is 3.51. The van der Waals surface area contributed by atoms with Gasteiger partial charge in [-0.25, -0.2) is 0 Å². The van der Waals surface area contributed by atoms with Crippen molar-refractivity contribution in [2.24, 2.45) is 0 Å². The van der Waals surface area contributed by atoms with Crippen molar-refractivity contribution in [3.05, 3.63) is 11.3 Å². The Bertz CT molecular complexity index is 440. The monoisotopic (exact) mass is 269 g/mol. The normalized spacial score (nSPS) is 11.7. The number of nitrogens with one attached hydrogen (secondary N) is 1.